The molecule has 0 unspecified atom stereocenters. The highest BCUT2D eigenvalue weighted by molar-refractivity contribution is 5.33. The zero-order valence-electron chi connectivity index (χ0n) is 11.5. The zero-order valence-corrected chi connectivity index (χ0v) is 11.5. The summed E-state index contributed by atoms with van der Waals surface area (Å²) in [5, 5.41) is 9.52. The first kappa shape index (κ1) is 11.8. The summed E-state index contributed by atoms with van der Waals surface area (Å²) in [6.45, 7) is 0. The monoisotopic (exact) mass is 258 g/mol. The van der Waals surface area contributed by atoms with Crippen molar-refractivity contribution in [2.45, 2.75) is 37.7 Å². The average Bonchev–Trinajstić information content (AvgIpc) is 2.40. The first-order valence-corrected chi connectivity index (χ1v) is 7.57. The summed E-state index contributed by atoms with van der Waals surface area (Å²) in [7, 11) is 1.88. The van der Waals surface area contributed by atoms with Gasteiger partial charge in [0.25, 0.3) is 0 Å². The molecule has 4 bridgehead atoms. The molecule has 2 heteroatoms. The Morgan fingerprint density at radius 2 is 1.47 bits per heavy atom. The molecule has 2 nitrogen and oxygen atoms in total. The summed E-state index contributed by atoms with van der Waals surface area (Å²) in [4.78, 5) is 0. The van der Waals surface area contributed by atoms with Crippen molar-refractivity contribution in [1.29, 1.82) is 0 Å². The van der Waals surface area contributed by atoms with Gasteiger partial charge in [-0.15, -0.1) is 0 Å². The van der Waals surface area contributed by atoms with E-state index in [0.29, 0.717) is 17.6 Å². The van der Waals surface area contributed by atoms with Gasteiger partial charge in [-0.1, -0.05) is 12.1 Å². The third-order valence-electron chi connectivity index (χ3n) is 6.01. The fraction of sp³-hybridized carbons (Fsp3) is 0.647. The molecule has 1 aromatic rings. The third-order valence-corrected chi connectivity index (χ3v) is 6.01. The summed E-state index contributed by atoms with van der Waals surface area (Å²) in [5.41, 5.74) is 1.20. The number of phenols is 1. The molecule has 4 aliphatic rings. The van der Waals surface area contributed by atoms with Crippen LogP contribution in [0.1, 0.15) is 37.7 Å². The fourth-order valence-corrected chi connectivity index (χ4v) is 5.53. The molecule has 0 amide bonds. The maximum atomic E-state index is 9.52. The van der Waals surface area contributed by atoms with Gasteiger partial charge in [-0.3, -0.25) is 0 Å². The molecule has 1 N–H and O–H groups in total. The lowest BCUT2D eigenvalue weighted by atomic mass is 9.48. The summed E-state index contributed by atoms with van der Waals surface area (Å²) in [6, 6.07) is 7.75. The van der Waals surface area contributed by atoms with Crippen molar-refractivity contribution < 1.29 is 9.84 Å². The van der Waals surface area contributed by atoms with Crippen molar-refractivity contribution in [3.05, 3.63) is 29.8 Å². The minimum Gasteiger partial charge on any atom is -0.508 e. The first-order chi connectivity index (χ1) is 9.22. The van der Waals surface area contributed by atoms with Gasteiger partial charge in [0.2, 0.25) is 0 Å². The van der Waals surface area contributed by atoms with Crippen LogP contribution in [0.5, 0.6) is 5.75 Å². The van der Waals surface area contributed by atoms with Crippen LogP contribution in [0.2, 0.25) is 0 Å². The molecule has 0 aliphatic heterocycles. The number of hydrogen-bond donors (Lipinski definition) is 1. The Hall–Kier alpha value is -1.02. The molecule has 19 heavy (non-hydrogen) atoms. The Balaban J connectivity index is 1.79. The average molecular weight is 258 g/mol. The van der Waals surface area contributed by atoms with Gasteiger partial charge in [0.1, 0.15) is 5.75 Å². The van der Waals surface area contributed by atoms with Crippen molar-refractivity contribution in [2.75, 3.05) is 7.11 Å². The molecule has 0 aromatic heterocycles. The molecule has 0 spiro atoms. The number of benzene rings is 1. The first-order valence-electron chi connectivity index (χ1n) is 7.57. The van der Waals surface area contributed by atoms with E-state index in [-0.39, 0.29) is 5.60 Å². The molecule has 0 heterocycles. The Morgan fingerprint density at radius 3 is 1.95 bits per heavy atom. The summed E-state index contributed by atoms with van der Waals surface area (Å²) >= 11 is 0. The Kier molecular flexibility index (Phi) is 2.47. The van der Waals surface area contributed by atoms with Gasteiger partial charge in [-0.2, -0.15) is 0 Å². The quantitative estimate of drug-likeness (QED) is 0.876. The van der Waals surface area contributed by atoms with Crippen molar-refractivity contribution >= 4 is 0 Å². The Morgan fingerprint density at radius 1 is 0.947 bits per heavy atom. The second-order valence-electron chi connectivity index (χ2n) is 6.85. The minimum absolute atomic E-state index is 0.0822. The molecule has 1 aromatic carbocycles. The number of ether oxygens (including phenoxy) is 1. The van der Waals surface area contributed by atoms with Crippen LogP contribution in [0.15, 0.2) is 24.3 Å². The maximum Gasteiger partial charge on any atom is 0.115 e. The van der Waals surface area contributed by atoms with E-state index in [4.69, 9.17) is 4.74 Å². The molecule has 0 atom stereocenters. The van der Waals surface area contributed by atoms with Crippen LogP contribution >= 0.6 is 0 Å². The summed E-state index contributed by atoms with van der Waals surface area (Å²) in [5.74, 6) is 3.60. The molecular weight excluding hydrogens is 236 g/mol. The predicted octanol–water partition coefficient (Wildman–Crippen LogP) is 3.69. The number of hydrogen-bond acceptors (Lipinski definition) is 2. The second kappa shape index (κ2) is 3.99. The zero-order chi connectivity index (χ0) is 13.0. The minimum atomic E-state index is -0.0822. The van der Waals surface area contributed by atoms with E-state index in [1.54, 1.807) is 12.1 Å². The number of phenolic OH excluding ortho intramolecular Hbond substituents is 1. The van der Waals surface area contributed by atoms with E-state index in [9.17, 15) is 5.11 Å². The highest BCUT2D eigenvalue weighted by atomic mass is 16.5. The van der Waals surface area contributed by atoms with Gasteiger partial charge < -0.3 is 9.84 Å². The van der Waals surface area contributed by atoms with Gasteiger partial charge >= 0.3 is 0 Å². The largest absolute Gasteiger partial charge is 0.508 e. The molecule has 4 saturated carbocycles. The summed E-state index contributed by atoms with van der Waals surface area (Å²) in [6.07, 6.45) is 6.80. The van der Waals surface area contributed by atoms with Crippen molar-refractivity contribution in [3.8, 4) is 5.75 Å². The van der Waals surface area contributed by atoms with Crippen LogP contribution in [0.3, 0.4) is 0 Å². The van der Waals surface area contributed by atoms with Crippen LogP contribution < -0.4 is 0 Å². The van der Waals surface area contributed by atoms with E-state index in [1.165, 1.54) is 37.7 Å². The van der Waals surface area contributed by atoms with Crippen molar-refractivity contribution in [3.63, 3.8) is 0 Å². The highest BCUT2D eigenvalue weighted by Crippen LogP contribution is 2.63. The van der Waals surface area contributed by atoms with Crippen molar-refractivity contribution in [2.24, 2.45) is 23.7 Å². The van der Waals surface area contributed by atoms with E-state index in [1.807, 2.05) is 7.11 Å². The van der Waals surface area contributed by atoms with Crippen LogP contribution in [-0.4, -0.2) is 12.2 Å². The maximum absolute atomic E-state index is 9.52. The van der Waals surface area contributed by atoms with Gasteiger partial charge in [-0.25, -0.2) is 0 Å². The molecule has 4 fully saturated rings. The highest BCUT2D eigenvalue weighted by Gasteiger charge is 2.58. The Labute approximate surface area is 114 Å². The second-order valence-corrected chi connectivity index (χ2v) is 6.85. The van der Waals surface area contributed by atoms with Crippen LogP contribution in [0, 0.1) is 23.7 Å². The van der Waals surface area contributed by atoms with Gasteiger partial charge in [0.15, 0.2) is 0 Å². The van der Waals surface area contributed by atoms with Gasteiger partial charge in [0, 0.05) is 7.11 Å². The number of aromatic hydroxyl groups is 1. The molecule has 4 aliphatic carbocycles. The molecule has 5 rings (SSSR count). The lowest BCUT2D eigenvalue weighted by Crippen LogP contribution is -2.56. The molecule has 102 valence electrons. The van der Waals surface area contributed by atoms with E-state index in [0.717, 1.165) is 11.8 Å². The normalized spacial score (nSPS) is 43.6. The van der Waals surface area contributed by atoms with E-state index in [2.05, 4.69) is 12.1 Å². The molecule has 0 radical (unpaired) electrons. The van der Waals surface area contributed by atoms with E-state index >= 15 is 0 Å². The topological polar surface area (TPSA) is 29.5 Å². The van der Waals surface area contributed by atoms with E-state index < -0.39 is 0 Å². The number of methoxy groups -OCH3 is 1. The SMILES string of the molecule is COC1(c2ccc(O)cc2)C2CC3CC(C2)CC1C3. The van der Waals surface area contributed by atoms with Gasteiger partial charge in [0.05, 0.1) is 5.60 Å². The third kappa shape index (κ3) is 1.53. The van der Waals surface area contributed by atoms with Crippen LogP contribution in [0.4, 0.5) is 0 Å². The Bertz CT molecular complexity index is 449. The van der Waals surface area contributed by atoms with Crippen LogP contribution in [0.25, 0.3) is 0 Å². The van der Waals surface area contributed by atoms with Crippen LogP contribution in [-0.2, 0) is 10.3 Å². The lowest BCUT2D eigenvalue weighted by Gasteiger charge is -2.60. The standard InChI is InChI=1S/C17H22O2/c1-19-17(13-2-4-16(18)5-3-13)14-7-11-6-12(9-14)10-15(17)8-11/h2-5,11-12,14-15,18H,6-10H2,1H3. The number of rotatable bonds is 2. The van der Waals surface area contributed by atoms with Gasteiger partial charge in [-0.05, 0) is 73.5 Å². The summed E-state index contributed by atoms with van der Waals surface area (Å²) < 4.78 is 6.16. The van der Waals surface area contributed by atoms with Crippen molar-refractivity contribution in [1.82, 2.24) is 0 Å². The molecular formula is C17H22O2. The predicted molar refractivity (Wildman–Crippen MR) is 73.8 cm³/mol. The lowest BCUT2D eigenvalue weighted by molar-refractivity contribution is -0.197. The smallest absolute Gasteiger partial charge is 0.115 e. The molecule has 0 saturated heterocycles. The fourth-order valence-electron chi connectivity index (χ4n) is 5.53.